The van der Waals surface area contributed by atoms with Crippen LogP contribution in [0.25, 0.3) is 0 Å². The van der Waals surface area contributed by atoms with Crippen LogP contribution < -0.4 is 10.1 Å². The first kappa shape index (κ1) is 16.6. The molecule has 0 atom stereocenters. The molecule has 7 nitrogen and oxygen atoms in total. The minimum Gasteiger partial charge on any atom is -0.457 e. The Kier molecular flexibility index (Phi) is 4.71. The number of nitrogens with one attached hydrogen (secondary N) is 1. The zero-order valence-electron chi connectivity index (χ0n) is 13.1. The predicted octanol–water partition coefficient (Wildman–Crippen LogP) is 4.40. The van der Waals surface area contributed by atoms with Crippen molar-refractivity contribution in [2.24, 2.45) is 0 Å². The molecule has 1 heterocycles. The smallest absolute Gasteiger partial charge is 0.269 e. The molecule has 25 heavy (non-hydrogen) atoms. The first-order valence-electron chi connectivity index (χ1n) is 7.27. The SMILES string of the molecule is Cc1csc(NC(=O)c2ccc(Oc3ccc([N+](=O)[O-])cc3)cc2)n1. The lowest BCUT2D eigenvalue weighted by molar-refractivity contribution is -0.384. The van der Waals surface area contributed by atoms with E-state index >= 15 is 0 Å². The van der Waals surface area contributed by atoms with E-state index in [0.717, 1.165) is 5.69 Å². The molecule has 0 radical (unpaired) electrons. The number of anilines is 1. The number of nitro benzene ring substituents is 1. The summed E-state index contributed by atoms with van der Waals surface area (Å²) in [7, 11) is 0. The van der Waals surface area contributed by atoms with Crippen LogP contribution >= 0.6 is 11.3 Å². The van der Waals surface area contributed by atoms with Crippen LogP contribution in [-0.4, -0.2) is 15.8 Å². The molecule has 3 aromatic rings. The highest BCUT2D eigenvalue weighted by molar-refractivity contribution is 7.13. The number of nitro groups is 1. The van der Waals surface area contributed by atoms with Gasteiger partial charge in [-0.15, -0.1) is 11.3 Å². The molecule has 0 aliphatic rings. The van der Waals surface area contributed by atoms with Gasteiger partial charge in [-0.25, -0.2) is 4.98 Å². The minimum absolute atomic E-state index is 0.00297. The molecular weight excluding hydrogens is 342 g/mol. The molecule has 1 aromatic heterocycles. The Hall–Kier alpha value is -3.26. The van der Waals surface area contributed by atoms with Gasteiger partial charge in [0.1, 0.15) is 11.5 Å². The van der Waals surface area contributed by atoms with Crippen LogP contribution in [0.5, 0.6) is 11.5 Å². The van der Waals surface area contributed by atoms with Crippen LogP contribution in [0.15, 0.2) is 53.9 Å². The van der Waals surface area contributed by atoms with Crippen LogP contribution in [0.1, 0.15) is 16.1 Å². The van der Waals surface area contributed by atoms with E-state index in [-0.39, 0.29) is 11.6 Å². The van der Waals surface area contributed by atoms with Crippen LogP contribution in [0.2, 0.25) is 0 Å². The number of hydrogen-bond acceptors (Lipinski definition) is 6. The zero-order chi connectivity index (χ0) is 17.8. The molecule has 0 unspecified atom stereocenters. The second-order valence-electron chi connectivity index (χ2n) is 5.13. The van der Waals surface area contributed by atoms with Gasteiger partial charge in [0.25, 0.3) is 11.6 Å². The van der Waals surface area contributed by atoms with Crippen molar-refractivity contribution in [3.8, 4) is 11.5 Å². The summed E-state index contributed by atoms with van der Waals surface area (Å²) in [5.74, 6) is 0.743. The lowest BCUT2D eigenvalue weighted by Gasteiger charge is -2.06. The van der Waals surface area contributed by atoms with Crippen LogP contribution in [0, 0.1) is 17.0 Å². The fourth-order valence-corrected chi connectivity index (χ4v) is 2.71. The normalized spacial score (nSPS) is 10.3. The van der Waals surface area contributed by atoms with E-state index in [1.807, 2.05) is 12.3 Å². The van der Waals surface area contributed by atoms with E-state index in [9.17, 15) is 14.9 Å². The summed E-state index contributed by atoms with van der Waals surface area (Å²) in [4.78, 5) is 26.5. The maximum atomic E-state index is 12.1. The van der Waals surface area contributed by atoms with E-state index in [1.165, 1.54) is 35.6 Å². The summed E-state index contributed by atoms with van der Waals surface area (Å²) in [5, 5.41) is 15.8. The maximum absolute atomic E-state index is 12.1. The molecule has 0 aliphatic heterocycles. The van der Waals surface area contributed by atoms with E-state index in [4.69, 9.17) is 4.74 Å². The van der Waals surface area contributed by atoms with Crippen molar-refractivity contribution in [1.29, 1.82) is 0 Å². The number of aromatic nitrogens is 1. The van der Waals surface area contributed by atoms with Crippen molar-refractivity contribution in [1.82, 2.24) is 4.98 Å². The van der Waals surface area contributed by atoms with Gasteiger partial charge in [-0.3, -0.25) is 20.2 Å². The van der Waals surface area contributed by atoms with Gasteiger partial charge in [0.05, 0.1) is 10.6 Å². The third kappa shape index (κ3) is 4.18. The number of benzene rings is 2. The number of ether oxygens (including phenoxy) is 1. The molecule has 1 N–H and O–H groups in total. The Balaban J connectivity index is 1.65. The standard InChI is InChI=1S/C17H13N3O4S/c1-11-10-25-17(18-11)19-16(21)12-2-6-14(7-3-12)24-15-8-4-13(5-9-15)20(22)23/h2-10H,1H3,(H,18,19,21). The van der Waals surface area contributed by atoms with Crippen molar-refractivity contribution < 1.29 is 14.5 Å². The molecule has 0 saturated carbocycles. The third-order valence-electron chi connectivity index (χ3n) is 3.24. The van der Waals surface area contributed by atoms with Crippen molar-refractivity contribution in [3.63, 3.8) is 0 Å². The van der Waals surface area contributed by atoms with E-state index in [0.29, 0.717) is 22.2 Å². The number of nitrogens with zero attached hydrogens (tertiary/aromatic N) is 2. The van der Waals surface area contributed by atoms with E-state index in [2.05, 4.69) is 10.3 Å². The molecule has 3 rings (SSSR count). The number of carbonyl (C=O) groups is 1. The van der Waals surface area contributed by atoms with Crippen molar-refractivity contribution >= 4 is 28.1 Å². The highest BCUT2D eigenvalue weighted by Crippen LogP contribution is 2.24. The van der Waals surface area contributed by atoms with Gasteiger partial charge >= 0.3 is 0 Å². The van der Waals surface area contributed by atoms with Gasteiger partial charge < -0.3 is 4.74 Å². The highest BCUT2D eigenvalue weighted by atomic mass is 32.1. The van der Waals surface area contributed by atoms with Crippen molar-refractivity contribution in [3.05, 3.63) is 75.3 Å². The van der Waals surface area contributed by atoms with Crippen molar-refractivity contribution in [2.75, 3.05) is 5.32 Å². The molecule has 126 valence electrons. The average molecular weight is 355 g/mol. The molecular formula is C17H13N3O4S. The molecule has 0 aliphatic carbocycles. The van der Waals surface area contributed by atoms with Gasteiger partial charge in [-0.2, -0.15) is 0 Å². The number of non-ortho nitro benzene ring substituents is 1. The first-order chi connectivity index (χ1) is 12.0. The second-order valence-corrected chi connectivity index (χ2v) is 5.98. The number of carbonyl (C=O) groups excluding carboxylic acids is 1. The van der Waals surface area contributed by atoms with Gasteiger partial charge in [0.2, 0.25) is 0 Å². The second kappa shape index (κ2) is 7.10. The van der Waals surface area contributed by atoms with E-state index < -0.39 is 4.92 Å². The Morgan fingerprint density at radius 1 is 1.12 bits per heavy atom. The largest absolute Gasteiger partial charge is 0.457 e. The Morgan fingerprint density at radius 3 is 2.24 bits per heavy atom. The van der Waals surface area contributed by atoms with Gasteiger partial charge in [0.15, 0.2) is 5.13 Å². The van der Waals surface area contributed by atoms with Crippen LogP contribution in [-0.2, 0) is 0 Å². The number of thiazole rings is 1. The minimum atomic E-state index is -0.471. The van der Waals surface area contributed by atoms with Gasteiger partial charge in [0, 0.05) is 23.1 Å². The summed E-state index contributed by atoms with van der Waals surface area (Å²) >= 11 is 1.36. The van der Waals surface area contributed by atoms with Gasteiger partial charge in [-0.1, -0.05) is 0 Å². The summed E-state index contributed by atoms with van der Waals surface area (Å²) in [6.45, 7) is 1.86. The molecule has 2 aromatic carbocycles. The van der Waals surface area contributed by atoms with Crippen molar-refractivity contribution in [2.45, 2.75) is 6.92 Å². The lowest BCUT2D eigenvalue weighted by Crippen LogP contribution is -2.11. The molecule has 0 bridgehead atoms. The number of aryl methyl sites for hydroxylation is 1. The molecule has 0 saturated heterocycles. The molecule has 0 spiro atoms. The monoisotopic (exact) mass is 355 g/mol. The fraction of sp³-hybridized carbons (Fsp3) is 0.0588. The first-order valence-corrected chi connectivity index (χ1v) is 8.15. The maximum Gasteiger partial charge on any atom is 0.269 e. The van der Waals surface area contributed by atoms with Gasteiger partial charge in [-0.05, 0) is 43.3 Å². The molecule has 1 amide bonds. The molecule has 8 heteroatoms. The predicted molar refractivity (Wildman–Crippen MR) is 94.4 cm³/mol. The van der Waals surface area contributed by atoms with Crippen LogP contribution in [0.3, 0.4) is 0 Å². The summed E-state index contributed by atoms with van der Waals surface area (Å²) in [5.41, 5.74) is 1.33. The topological polar surface area (TPSA) is 94.4 Å². The number of hydrogen-bond donors (Lipinski definition) is 1. The third-order valence-corrected chi connectivity index (χ3v) is 4.11. The van der Waals surface area contributed by atoms with E-state index in [1.54, 1.807) is 24.3 Å². The quantitative estimate of drug-likeness (QED) is 0.540. The summed E-state index contributed by atoms with van der Waals surface area (Å²) in [6, 6.07) is 12.4. The Bertz CT molecular complexity index is 904. The molecule has 0 fully saturated rings. The Labute approximate surface area is 147 Å². The zero-order valence-corrected chi connectivity index (χ0v) is 13.9. The van der Waals surface area contributed by atoms with Crippen LogP contribution in [0.4, 0.5) is 10.8 Å². The number of rotatable bonds is 5. The lowest BCUT2D eigenvalue weighted by atomic mass is 10.2. The highest BCUT2D eigenvalue weighted by Gasteiger charge is 2.09. The fourth-order valence-electron chi connectivity index (χ4n) is 2.03. The summed E-state index contributed by atoms with van der Waals surface area (Å²) in [6.07, 6.45) is 0. The average Bonchev–Trinajstić information content (AvgIpc) is 3.01. The number of amides is 1. The Morgan fingerprint density at radius 2 is 1.72 bits per heavy atom. The summed E-state index contributed by atoms with van der Waals surface area (Å²) < 4.78 is 5.60.